The number of carbonyl (C=O) groups is 2. The van der Waals surface area contributed by atoms with E-state index in [9.17, 15) is 9.59 Å². The highest BCUT2D eigenvalue weighted by Crippen LogP contribution is 2.15. The summed E-state index contributed by atoms with van der Waals surface area (Å²) in [5.74, 6) is -1.22. The highest BCUT2D eigenvalue weighted by atomic mass is 16.5. The van der Waals surface area contributed by atoms with E-state index in [0.29, 0.717) is 12.8 Å². The van der Waals surface area contributed by atoms with Crippen molar-refractivity contribution in [3.05, 3.63) is 72.9 Å². The van der Waals surface area contributed by atoms with Crippen molar-refractivity contribution in [3.63, 3.8) is 0 Å². The van der Waals surface area contributed by atoms with E-state index in [-0.39, 0.29) is 18.8 Å². The second-order valence-electron chi connectivity index (χ2n) is 10.3. The second kappa shape index (κ2) is 30.9. The van der Waals surface area contributed by atoms with E-state index in [2.05, 4.69) is 80.7 Å². The quantitative estimate of drug-likeness (QED) is 0.0623. The minimum Gasteiger partial charge on any atom is -0.481 e. The van der Waals surface area contributed by atoms with Crippen molar-refractivity contribution in [2.75, 3.05) is 0 Å². The van der Waals surface area contributed by atoms with Crippen molar-refractivity contribution in [2.24, 2.45) is 0 Å². The van der Waals surface area contributed by atoms with Crippen LogP contribution in [0.25, 0.3) is 0 Å². The SMILES string of the molecule is CC/C=C\C/C=C\C/C=C\C/C=C\C/C=C\C/C=C\CCC(=O)OC(CCCCCCCCCCC)CC(=O)O. The maximum Gasteiger partial charge on any atom is 0.307 e. The van der Waals surface area contributed by atoms with Gasteiger partial charge in [-0.2, -0.15) is 0 Å². The Hall–Kier alpha value is -2.62. The molecule has 0 aromatic carbocycles. The van der Waals surface area contributed by atoms with Crippen LogP contribution >= 0.6 is 0 Å². The smallest absolute Gasteiger partial charge is 0.307 e. The summed E-state index contributed by atoms with van der Waals surface area (Å²) in [6.07, 6.45) is 43.5. The maximum atomic E-state index is 12.2. The van der Waals surface area contributed by atoms with E-state index in [1.807, 2.05) is 6.08 Å². The number of hydrogen-bond acceptors (Lipinski definition) is 3. The maximum absolute atomic E-state index is 12.2. The number of rotatable bonds is 27. The molecule has 0 fully saturated rings. The van der Waals surface area contributed by atoms with Crippen molar-refractivity contribution in [1.82, 2.24) is 0 Å². The fourth-order valence-electron chi connectivity index (χ4n) is 4.17. The molecule has 0 aliphatic carbocycles. The van der Waals surface area contributed by atoms with Crippen molar-refractivity contribution in [1.29, 1.82) is 0 Å². The monoisotopic (exact) mass is 554 g/mol. The fourth-order valence-corrected chi connectivity index (χ4v) is 4.17. The van der Waals surface area contributed by atoms with Gasteiger partial charge in [0, 0.05) is 6.42 Å². The summed E-state index contributed by atoms with van der Waals surface area (Å²) < 4.78 is 5.48. The van der Waals surface area contributed by atoms with Gasteiger partial charge in [-0.3, -0.25) is 9.59 Å². The molecule has 226 valence electrons. The molecule has 1 unspecified atom stereocenters. The van der Waals surface area contributed by atoms with Crippen molar-refractivity contribution in [3.8, 4) is 0 Å². The van der Waals surface area contributed by atoms with Gasteiger partial charge in [0.2, 0.25) is 0 Å². The molecule has 4 heteroatoms. The number of esters is 1. The van der Waals surface area contributed by atoms with Crippen LogP contribution in [-0.2, 0) is 14.3 Å². The van der Waals surface area contributed by atoms with E-state index in [0.717, 1.165) is 51.4 Å². The summed E-state index contributed by atoms with van der Waals surface area (Å²) in [4.78, 5) is 23.4. The van der Waals surface area contributed by atoms with Crippen LogP contribution in [0.1, 0.15) is 136 Å². The van der Waals surface area contributed by atoms with E-state index < -0.39 is 12.1 Å². The average Bonchev–Trinajstić information content (AvgIpc) is 2.93. The van der Waals surface area contributed by atoms with Gasteiger partial charge in [0.25, 0.3) is 0 Å². The van der Waals surface area contributed by atoms with Crippen LogP contribution in [0.15, 0.2) is 72.9 Å². The Morgan fingerprint density at radius 2 is 1.02 bits per heavy atom. The lowest BCUT2D eigenvalue weighted by Gasteiger charge is -2.16. The molecule has 0 heterocycles. The van der Waals surface area contributed by atoms with Gasteiger partial charge in [-0.05, 0) is 57.8 Å². The number of aliphatic carboxylic acids is 1. The summed E-state index contributed by atoms with van der Waals surface area (Å²) in [6, 6.07) is 0. The van der Waals surface area contributed by atoms with Gasteiger partial charge in [0.15, 0.2) is 0 Å². The van der Waals surface area contributed by atoms with Crippen LogP contribution in [0, 0.1) is 0 Å². The molecule has 0 rings (SSSR count). The summed E-state index contributed by atoms with van der Waals surface area (Å²) >= 11 is 0. The third kappa shape index (κ3) is 29.9. The highest BCUT2D eigenvalue weighted by molar-refractivity contribution is 5.71. The van der Waals surface area contributed by atoms with Gasteiger partial charge in [-0.25, -0.2) is 0 Å². The first-order valence-electron chi connectivity index (χ1n) is 15.9. The third-order valence-electron chi connectivity index (χ3n) is 6.44. The Bertz CT molecular complexity index is 770. The van der Waals surface area contributed by atoms with Crippen LogP contribution in [0.3, 0.4) is 0 Å². The molecule has 0 bridgehead atoms. The van der Waals surface area contributed by atoms with E-state index >= 15 is 0 Å². The van der Waals surface area contributed by atoms with E-state index in [1.165, 1.54) is 44.9 Å². The Morgan fingerprint density at radius 3 is 1.48 bits per heavy atom. The van der Waals surface area contributed by atoms with Crippen LogP contribution < -0.4 is 0 Å². The number of carbonyl (C=O) groups excluding carboxylic acids is 1. The molecule has 0 radical (unpaired) electrons. The summed E-state index contributed by atoms with van der Waals surface area (Å²) in [7, 11) is 0. The average molecular weight is 555 g/mol. The molecule has 0 saturated carbocycles. The Kier molecular flexibility index (Phi) is 28.9. The van der Waals surface area contributed by atoms with Gasteiger partial charge in [0.1, 0.15) is 6.10 Å². The minimum atomic E-state index is -0.911. The highest BCUT2D eigenvalue weighted by Gasteiger charge is 2.17. The number of allylic oxidation sites excluding steroid dienone is 12. The molecule has 1 N–H and O–H groups in total. The van der Waals surface area contributed by atoms with E-state index in [4.69, 9.17) is 9.84 Å². The third-order valence-corrected chi connectivity index (χ3v) is 6.44. The molecule has 0 aliphatic heterocycles. The molecule has 0 amide bonds. The van der Waals surface area contributed by atoms with Gasteiger partial charge >= 0.3 is 11.9 Å². The molecule has 0 aliphatic rings. The molecular weight excluding hydrogens is 496 g/mol. The van der Waals surface area contributed by atoms with Crippen LogP contribution in [-0.4, -0.2) is 23.1 Å². The lowest BCUT2D eigenvalue weighted by Crippen LogP contribution is -2.21. The number of hydrogen-bond donors (Lipinski definition) is 1. The molecule has 0 spiro atoms. The lowest BCUT2D eigenvalue weighted by molar-refractivity contribution is -0.153. The Balaban J connectivity index is 3.90. The number of carboxylic acid groups (broad SMARTS) is 1. The Morgan fingerprint density at radius 1 is 0.600 bits per heavy atom. The zero-order valence-corrected chi connectivity index (χ0v) is 25.6. The van der Waals surface area contributed by atoms with Gasteiger partial charge < -0.3 is 9.84 Å². The zero-order chi connectivity index (χ0) is 29.4. The molecule has 1 atom stereocenters. The standard InChI is InChI=1S/C36H58O4/c1-3-5-7-9-11-13-14-15-16-17-18-19-20-21-22-24-26-28-30-32-36(39)40-34(33-35(37)38)31-29-27-25-23-12-10-8-6-4-2/h5,7,11,13,15-16,18-19,21-22,26,28,34H,3-4,6,8-10,12,14,17,20,23-25,27,29-33H2,1-2H3,(H,37,38)/b7-5-,13-11-,16-15-,19-18-,22-21-,28-26-. The van der Waals surface area contributed by atoms with Gasteiger partial charge in [0.05, 0.1) is 6.42 Å². The summed E-state index contributed by atoms with van der Waals surface area (Å²) in [6.45, 7) is 4.38. The molecular formula is C36H58O4. The predicted molar refractivity (Wildman–Crippen MR) is 171 cm³/mol. The molecule has 40 heavy (non-hydrogen) atoms. The van der Waals surface area contributed by atoms with E-state index in [1.54, 1.807) is 0 Å². The fraction of sp³-hybridized carbons (Fsp3) is 0.611. The predicted octanol–water partition coefficient (Wildman–Crippen LogP) is 10.8. The first-order valence-corrected chi connectivity index (χ1v) is 15.9. The van der Waals surface area contributed by atoms with Crippen molar-refractivity contribution >= 4 is 11.9 Å². The normalized spacial score (nSPS) is 13.2. The van der Waals surface area contributed by atoms with Gasteiger partial charge in [-0.1, -0.05) is 138 Å². The summed E-state index contributed by atoms with van der Waals surface area (Å²) in [5, 5.41) is 9.17. The lowest BCUT2D eigenvalue weighted by atomic mass is 10.0. The number of ether oxygens (including phenoxy) is 1. The van der Waals surface area contributed by atoms with Crippen LogP contribution in [0.2, 0.25) is 0 Å². The molecule has 0 aromatic rings. The van der Waals surface area contributed by atoms with Crippen LogP contribution in [0.4, 0.5) is 0 Å². The van der Waals surface area contributed by atoms with Crippen molar-refractivity contribution < 1.29 is 19.4 Å². The zero-order valence-electron chi connectivity index (χ0n) is 25.6. The topological polar surface area (TPSA) is 63.6 Å². The first kappa shape index (κ1) is 37.4. The summed E-state index contributed by atoms with van der Waals surface area (Å²) in [5.41, 5.74) is 0. The minimum absolute atomic E-state index is 0.108. The van der Waals surface area contributed by atoms with Gasteiger partial charge in [-0.15, -0.1) is 0 Å². The van der Waals surface area contributed by atoms with Crippen LogP contribution in [0.5, 0.6) is 0 Å². The number of unbranched alkanes of at least 4 members (excludes halogenated alkanes) is 8. The second-order valence-corrected chi connectivity index (χ2v) is 10.3. The Labute approximate surface area is 246 Å². The first-order chi connectivity index (χ1) is 19.6. The largest absolute Gasteiger partial charge is 0.481 e. The van der Waals surface area contributed by atoms with Crippen molar-refractivity contribution in [2.45, 2.75) is 142 Å². The molecule has 0 saturated heterocycles. The molecule has 4 nitrogen and oxygen atoms in total. The molecule has 0 aromatic heterocycles. The number of carboxylic acids is 1.